The van der Waals surface area contributed by atoms with Gasteiger partial charge < -0.3 is 28.3 Å². The number of ether oxygens (including phenoxy) is 2. The van der Waals surface area contributed by atoms with Crippen molar-refractivity contribution in [1.82, 2.24) is 39.7 Å². The number of likely N-dealkylation sites (tertiary alicyclic amines) is 2. The summed E-state index contributed by atoms with van der Waals surface area (Å²) in [7, 11) is 0. The predicted molar refractivity (Wildman–Crippen MR) is 192 cm³/mol. The average Bonchev–Trinajstić information content (AvgIpc) is 3.92. The lowest BCUT2D eigenvalue weighted by atomic mass is 9.98. The predicted octanol–water partition coefficient (Wildman–Crippen LogP) is 8.56. The fourth-order valence-electron chi connectivity index (χ4n) is 7.21. The Morgan fingerprint density at radius 3 is 1.48 bits per heavy atom. The lowest BCUT2D eigenvalue weighted by Crippen LogP contribution is -2.36. The van der Waals surface area contributed by atoms with Gasteiger partial charge in [0.05, 0.1) is 23.5 Å². The molecular formula is C38H42N8O6. The molecule has 2 aromatic carbocycles. The van der Waals surface area contributed by atoms with E-state index in [2.05, 4.69) is 19.9 Å². The van der Waals surface area contributed by atoms with Gasteiger partial charge in [0.15, 0.2) is 24.0 Å². The van der Waals surface area contributed by atoms with Crippen molar-refractivity contribution in [3.63, 3.8) is 0 Å². The zero-order valence-corrected chi connectivity index (χ0v) is 30.1. The maximum Gasteiger partial charge on any atom is 0.410 e. The molecular weight excluding hydrogens is 664 g/mol. The molecule has 0 spiro atoms. The molecule has 6 heterocycles. The number of nitrogens with zero attached hydrogens (tertiary/aromatic N) is 6. The molecule has 270 valence electrons. The monoisotopic (exact) mass is 706 g/mol. The number of imidazole rings is 2. The highest BCUT2D eigenvalue weighted by molar-refractivity contribution is 6.06. The molecule has 0 aliphatic carbocycles. The highest BCUT2D eigenvalue weighted by Gasteiger charge is 2.36. The summed E-state index contributed by atoms with van der Waals surface area (Å²) in [4.78, 5) is 55.0. The summed E-state index contributed by atoms with van der Waals surface area (Å²) < 4.78 is 23.2. The molecule has 2 fully saturated rings. The molecule has 0 radical (unpaired) electrons. The maximum absolute atomic E-state index is 12.9. The number of aromatic nitrogens is 6. The third-order valence-electron chi connectivity index (χ3n) is 9.40. The Kier molecular flexibility index (Phi) is 8.07. The zero-order chi connectivity index (χ0) is 36.4. The summed E-state index contributed by atoms with van der Waals surface area (Å²) in [6, 6.07) is 7.47. The number of amides is 2. The molecule has 14 nitrogen and oxygen atoms in total. The number of hydrogen-bond donors (Lipinski definition) is 2. The Balaban J connectivity index is 1.08. The number of fused-ring (bicyclic) bond motifs is 2. The summed E-state index contributed by atoms with van der Waals surface area (Å²) in [6.07, 6.45) is 9.14. The van der Waals surface area contributed by atoms with Gasteiger partial charge in [-0.3, -0.25) is 9.80 Å². The van der Waals surface area contributed by atoms with Gasteiger partial charge in [0.1, 0.15) is 33.9 Å². The highest BCUT2D eigenvalue weighted by Crippen LogP contribution is 2.41. The van der Waals surface area contributed by atoms with Crippen LogP contribution in [0.3, 0.4) is 0 Å². The van der Waals surface area contributed by atoms with Crippen LogP contribution in [0.2, 0.25) is 0 Å². The summed E-state index contributed by atoms with van der Waals surface area (Å²) in [6.45, 7) is 12.4. The second-order valence-corrected chi connectivity index (χ2v) is 15.4. The molecule has 2 aliphatic rings. The molecule has 0 unspecified atom stereocenters. The van der Waals surface area contributed by atoms with E-state index in [4.69, 9.17) is 28.3 Å². The van der Waals surface area contributed by atoms with Crippen LogP contribution in [0.1, 0.15) is 91.0 Å². The molecule has 52 heavy (non-hydrogen) atoms. The van der Waals surface area contributed by atoms with Gasteiger partial charge in [-0.2, -0.15) is 0 Å². The van der Waals surface area contributed by atoms with E-state index < -0.39 is 11.2 Å². The summed E-state index contributed by atoms with van der Waals surface area (Å²) >= 11 is 0. The second kappa shape index (κ2) is 12.5. The van der Waals surface area contributed by atoms with Crippen LogP contribution in [0.25, 0.3) is 55.8 Å². The molecule has 14 heteroatoms. The van der Waals surface area contributed by atoms with E-state index in [0.717, 1.165) is 47.9 Å². The molecule has 2 aliphatic heterocycles. The number of oxazole rings is 2. The molecule has 6 aromatic rings. The van der Waals surface area contributed by atoms with E-state index in [1.807, 2.05) is 78.2 Å². The first-order chi connectivity index (χ1) is 24.8. The topological polar surface area (TPSA) is 168 Å². The van der Waals surface area contributed by atoms with E-state index in [9.17, 15) is 9.59 Å². The largest absolute Gasteiger partial charge is 0.444 e. The van der Waals surface area contributed by atoms with Gasteiger partial charge >= 0.3 is 12.2 Å². The molecule has 4 aromatic heterocycles. The van der Waals surface area contributed by atoms with E-state index >= 15 is 0 Å². The normalized spacial score (nSPS) is 18.2. The first-order valence-corrected chi connectivity index (χ1v) is 17.7. The van der Waals surface area contributed by atoms with Crippen LogP contribution in [0, 0.1) is 0 Å². The van der Waals surface area contributed by atoms with Gasteiger partial charge in [0, 0.05) is 47.7 Å². The molecule has 2 atom stereocenters. The van der Waals surface area contributed by atoms with Crippen LogP contribution >= 0.6 is 0 Å². The fraction of sp³-hybridized carbons (Fsp3) is 0.421. The van der Waals surface area contributed by atoms with Gasteiger partial charge in [-0.25, -0.2) is 29.5 Å². The highest BCUT2D eigenvalue weighted by atomic mass is 16.6. The number of hydrogen-bond acceptors (Lipinski definition) is 10. The average molecular weight is 707 g/mol. The summed E-state index contributed by atoms with van der Waals surface area (Å²) in [5, 5.41) is 0. The minimum Gasteiger partial charge on any atom is -0.444 e. The first kappa shape index (κ1) is 33.5. The number of H-pyrrole nitrogens is 2. The van der Waals surface area contributed by atoms with Crippen molar-refractivity contribution in [3.05, 3.63) is 61.1 Å². The van der Waals surface area contributed by atoms with E-state index in [1.165, 1.54) is 12.8 Å². The smallest absolute Gasteiger partial charge is 0.410 e. The summed E-state index contributed by atoms with van der Waals surface area (Å²) in [5.41, 5.74) is 5.85. The van der Waals surface area contributed by atoms with E-state index in [1.54, 1.807) is 9.80 Å². The molecule has 0 bridgehead atoms. The van der Waals surface area contributed by atoms with Crippen LogP contribution in [0.15, 0.2) is 58.3 Å². The lowest BCUT2D eigenvalue weighted by Gasteiger charge is -2.27. The van der Waals surface area contributed by atoms with Gasteiger partial charge in [0.25, 0.3) is 0 Å². The van der Waals surface area contributed by atoms with Crippen molar-refractivity contribution in [1.29, 1.82) is 0 Å². The van der Waals surface area contributed by atoms with Crippen molar-refractivity contribution in [2.24, 2.45) is 0 Å². The number of carbonyl (C=O) groups is 2. The van der Waals surface area contributed by atoms with E-state index in [-0.39, 0.29) is 24.3 Å². The minimum atomic E-state index is -0.583. The van der Waals surface area contributed by atoms with Crippen LogP contribution in [0.5, 0.6) is 0 Å². The second-order valence-electron chi connectivity index (χ2n) is 15.4. The number of benzene rings is 2. The van der Waals surface area contributed by atoms with Gasteiger partial charge in [-0.15, -0.1) is 0 Å². The Morgan fingerprint density at radius 2 is 1.08 bits per heavy atom. The third kappa shape index (κ3) is 6.15. The SMILES string of the molecule is CC(C)(C)OC(=O)N1CCC[C@H]1c1nc(-c2ccc(-c3ccc(-c4c[nH]c([C@@H]5CCCN5C(=O)OC(C)(C)C)n4)c4ocnc34)c3ncoc23)c[nH]1. The Morgan fingerprint density at radius 1 is 0.673 bits per heavy atom. The quantitative estimate of drug-likeness (QED) is 0.177. The first-order valence-electron chi connectivity index (χ1n) is 17.7. The molecule has 2 amide bonds. The Bertz CT molecular complexity index is 2120. The summed E-state index contributed by atoms with van der Waals surface area (Å²) in [5.74, 6) is 1.39. The zero-order valence-electron chi connectivity index (χ0n) is 30.1. The van der Waals surface area contributed by atoms with Gasteiger partial charge in [-0.05, 0) is 79.4 Å². The molecule has 2 N–H and O–H groups in total. The third-order valence-corrected chi connectivity index (χ3v) is 9.40. The molecule has 0 saturated carbocycles. The maximum atomic E-state index is 12.9. The molecule has 8 rings (SSSR count). The van der Waals surface area contributed by atoms with Crippen molar-refractivity contribution in [3.8, 4) is 33.6 Å². The number of carbonyl (C=O) groups excluding carboxylic acids is 2. The van der Waals surface area contributed by atoms with Crippen molar-refractivity contribution < 1.29 is 27.9 Å². The molecule has 2 saturated heterocycles. The van der Waals surface area contributed by atoms with Crippen LogP contribution in [0.4, 0.5) is 9.59 Å². The van der Waals surface area contributed by atoms with Crippen LogP contribution < -0.4 is 0 Å². The number of nitrogens with one attached hydrogen (secondary N) is 2. The standard InChI is InChI=1S/C38H42N8O6/c1-37(2,3)51-35(47)45-15-7-9-27(45)33-39-17-25(43-33)23-13-11-21(29-31(23)49-19-41-29)22-12-14-24(32-30(22)42-20-50-32)26-18-40-34(44-26)28-10-8-16-46(28)36(48)52-38(4,5)6/h11-14,17-20,27-28H,7-10,15-16H2,1-6H3,(H,39,43)(H,40,44)/t27-,28-/m0/s1. The fourth-order valence-corrected chi connectivity index (χ4v) is 7.21. The van der Waals surface area contributed by atoms with Gasteiger partial charge in [-0.1, -0.05) is 12.1 Å². The van der Waals surface area contributed by atoms with Crippen molar-refractivity contribution in [2.75, 3.05) is 13.1 Å². The van der Waals surface area contributed by atoms with Crippen LogP contribution in [-0.2, 0) is 9.47 Å². The Labute approximate surface area is 299 Å². The lowest BCUT2D eigenvalue weighted by molar-refractivity contribution is 0.0208. The van der Waals surface area contributed by atoms with Crippen molar-refractivity contribution >= 4 is 34.4 Å². The number of aromatic amines is 2. The van der Waals surface area contributed by atoms with Gasteiger partial charge in [0.2, 0.25) is 0 Å². The van der Waals surface area contributed by atoms with Crippen molar-refractivity contribution in [2.45, 2.75) is 90.5 Å². The van der Waals surface area contributed by atoms with E-state index in [0.29, 0.717) is 58.3 Å². The Hall–Kier alpha value is -5.66. The van der Waals surface area contributed by atoms with Crippen LogP contribution in [-0.4, -0.2) is 76.2 Å². The number of rotatable bonds is 5. The minimum absolute atomic E-state index is 0.209.